The van der Waals surface area contributed by atoms with Gasteiger partial charge < -0.3 is 35.7 Å². The maximum Gasteiger partial charge on any atom is 0.308 e. The molecule has 0 saturated heterocycles. The molecule has 0 radical (unpaired) electrons. The molecule has 0 unspecified atom stereocenters. The summed E-state index contributed by atoms with van der Waals surface area (Å²) >= 11 is 0. The van der Waals surface area contributed by atoms with Crippen molar-refractivity contribution in [2.24, 2.45) is 5.92 Å². The number of carbonyl (C=O) groups excluding carboxylic acids is 5. The lowest BCUT2D eigenvalue weighted by atomic mass is 9.98. The molecule has 1 aliphatic rings. The molecule has 2 aromatic carbocycles. The highest BCUT2D eigenvalue weighted by atomic mass is 16.5. The van der Waals surface area contributed by atoms with E-state index in [1.165, 1.54) is 24.0 Å². The molecule has 4 rings (SSSR count). The van der Waals surface area contributed by atoms with E-state index >= 15 is 0 Å². The van der Waals surface area contributed by atoms with Crippen molar-refractivity contribution in [3.05, 3.63) is 77.5 Å². The van der Waals surface area contributed by atoms with Crippen LogP contribution < -0.4 is 16.0 Å². The Morgan fingerprint density at radius 1 is 0.981 bits per heavy atom. The van der Waals surface area contributed by atoms with Gasteiger partial charge in [0.2, 0.25) is 23.6 Å². The molecule has 12 nitrogen and oxygen atoms in total. The maximum atomic E-state index is 14.5. The van der Waals surface area contributed by atoms with Crippen molar-refractivity contribution in [3.63, 3.8) is 0 Å². The highest BCUT2D eigenvalue weighted by Crippen LogP contribution is 2.25. The van der Waals surface area contributed by atoms with Gasteiger partial charge in [0.1, 0.15) is 17.8 Å². The second-order valence-corrected chi connectivity index (χ2v) is 14.0. The van der Waals surface area contributed by atoms with Crippen LogP contribution in [0, 0.1) is 5.92 Å². The summed E-state index contributed by atoms with van der Waals surface area (Å²) in [5.41, 5.74) is 3.29. The predicted molar refractivity (Wildman–Crippen MR) is 199 cm³/mol. The molecule has 4 amide bonds. The van der Waals surface area contributed by atoms with Crippen LogP contribution in [0.25, 0.3) is 10.9 Å². The normalized spacial score (nSPS) is 24.1. The van der Waals surface area contributed by atoms with E-state index in [2.05, 4.69) is 20.9 Å². The molecule has 1 aromatic heterocycles. The van der Waals surface area contributed by atoms with Gasteiger partial charge in [-0.2, -0.15) is 0 Å². The first-order chi connectivity index (χ1) is 24.8. The van der Waals surface area contributed by atoms with Gasteiger partial charge in [-0.25, -0.2) is 0 Å². The number of fused-ring (bicyclic) bond motifs is 1. The summed E-state index contributed by atoms with van der Waals surface area (Å²) in [7, 11) is 1.56. The zero-order valence-corrected chi connectivity index (χ0v) is 30.9. The molecule has 0 saturated carbocycles. The van der Waals surface area contributed by atoms with Crippen molar-refractivity contribution < 1.29 is 33.8 Å². The summed E-state index contributed by atoms with van der Waals surface area (Å²) in [6, 6.07) is 11.1. The third-order valence-corrected chi connectivity index (χ3v) is 9.57. The molecule has 280 valence electrons. The van der Waals surface area contributed by atoms with Crippen LogP contribution in [0.3, 0.4) is 0 Å². The van der Waals surface area contributed by atoms with E-state index in [1.807, 2.05) is 57.3 Å². The topological polar surface area (TPSA) is 170 Å². The Morgan fingerprint density at radius 2 is 1.71 bits per heavy atom. The predicted octanol–water partition coefficient (Wildman–Crippen LogP) is 4.98. The Morgan fingerprint density at radius 3 is 2.44 bits per heavy atom. The fraction of sp³-hybridized carbons (Fsp3) is 0.475. The number of hydrogen-bond donors (Lipinski definition) is 5. The van der Waals surface area contributed by atoms with Gasteiger partial charge in [0.25, 0.3) is 0 Å². The quantitative estimate of drug-likeness (QED) is 0.124. The summed E-state index contributed by atoms with van der Waals surface area (Å²) in [5.74, 6) is -2.23. The molecule has 3 aromatic rings. The molecule has 2 heterocycles. The average molecular weight is 716 g/mol. The van der Waals surface area contributed by atoms with Crippen LogP contribution in [0.2, 0.25) is 0 Å². The number of likely N-dealkylation sites (N-methyl/N-ethyl adjacent to an activating group) is 1. The van der Waals surface area contributed by atoms with Crippen molar-refractivity contribution in [3.8, 4) is 5.75 Å². The number of nitrogens with zero attached hydrogens (tertiary/aromatic N) is 1. The van der Waals surface area contributed by atoms with Gasteiger partial charge in [-0.1, -0.05) is 48.9 Å². The number of unbranched alkanes of at least 4 members (excludes halogenated alkanes) is 1. The molecule has 1 aliphatic heterocycles. The van der Waals surface area contributed by atoms with E-state index in [1.54, 1.807) is 19.2 Å². The number of hydrogen-bond acceptors (Lipinski definition) is 7. The minimum absolute atomic E-state index is 0.0350. The minimum atomic E-state index is -1.04. The molecule has 0 spiro atoms. The zero-order valence-electron chi connectivity index (χ0n) is 30.9. The summed E-state index contributed by atoms with van der Waals surface area (Å²) in [4.78, 5) is 71.8. The van der Waals surface area contributed by atoms with Gasteiger partial charge in [-0.3, -0.25) is 24.0 Å². The van der Waals surface area contributed by atoms with Crippen LogP contribution in [0.5, 0.6) is 5.75 Å². The third kappa shape index (κ3) is 11.4. The summed E-state index contributed by atoms with van der Waals surface area (Å²) in [5, 5.41) is 19.6. The second kappa shape index (κ2) is 18.9. The molecule has 5 N–H and O–H groups in total. The van der Waals surface area contributed by atoms with Gasteiger partial charge in [0, 0.05) is 50.0 Å². The molecule has 0 aliphatic carbocycles. The number of allylic oxidation sites excluding steroid dienone is 2. The van der Waals surface area contributed by atoms with Gasteiger partial charge in [-0.15, -0.1) is 0 Å². The number of amides is 4. The van der Waals surface area contributed by atoms with Crippen LogP contribution in [0.15, 0.2) is 66.4 Å². The standard InChI is InChI=1S/C40H53N5O7/c1-25-11-10-12-27(3)52-37(48)23-35(29-16-18-31(47)19-17-29)44-39(50)36(22-30-24-42-33-14-7-6-13-32(30)33)45(5)40(51)34(43-38(49)26(2)21-25)15-8-9-20-41-28(4)46/h6-7,11,13-14,16-19,24,26-27,34-36,42,47H,8-10,12,15,20-23H2,1-5H3,(H,41,46)(H,43,49)(H,44,50)/b25-11+/t26-,27-,34-,35+,36+/m0/s1. The summed E-state index contributed by atoms with van der Waals surface area (Å²) in [6.45, 7) is 7.47. The lowest BCUT2D eigenvalue weighted by molar-refractivity contribution is -0.149. The molecule has 0 fully saturated rings. The summed E-state index contributed by atoms with van der Waals surface area (Å²) in [6.07, 6.45) is 6.59. The van der Waals surface area contributed by atoms with E-state index in [0.29, 0.717) is 50.6 Å². The van der Waals surface area contributed by atoms with E-state index in [0.717, 1.165) is 22.0 Å². The first kappa shape index (κ1) is 39.7. The van der Waals surface area contributed by atoms with Crippen molar-refractivity contribution in [2.75, 3.05) is 13.6 Å². The Hall–Kier alpha value is -5.13. The number of aromatic amines is 1. The highest BCUT2D eigenvalue weighted by molar-refractivity contribution is 5.93. The summed E-state index contributed by atoms with van der Waals surface area (Å²) < 4.78 is 5.76. The van der Waals surface area contributed by atoms with Crippen LogP contribution in [0.4, 0.5) is 0 Å². The smallest absolute Gasteiger partial charge is 0.308 e. The minimum Gasteiger partial charge on any atom is -0.508 e. The van der Waals surface area contributed by atoms with Crippen LogP contribution in [0.1, 0.15) is 89.8 Å². The average Bonchev–Trinajstić information content (AvgIpc) is 3.51. The largest absolute Gasteiger partial charge is 0.508 e. The van der Waals surface area contributed by atoms with E-state index in [-0.39, 0.29) is 36.5 Å². The number of aromatic hydroxyl groups is 1. The van der Waals surface area contributed by atoms with Crippen molar-refractivity contribution >= 4 is 40.5 Å². The molecular formula is C40H53N5O7. The SMILES string of the molecule is CC(=O)NCCCC[C@@H]1NC(=O)[C@@H](C)C/C(C)=C/CC[C@H](C)OC(=O)C[C@H](c2ccc(O)cc2)NC(=O)[C@@H](Cc2c[nH]c3ccccc23)N(C)C1=O. The second-order valence-electron chi connectivity index (χ2n) is 14.0. The first-order valence-corrected chi connectivity index (χ1v) is 18.1. The van der Waals surface area contributed by atoms with Crippen molar-refractivity contribution in [1.29, 1.82) is 0 Å². The van der Waals surface area contributed by atoms with Gasteiger partial charge >= 0.3 is 5.97 Å². The number of H-pyrrole nitrogens is 1. The van der Waals surface area contributed by atoms with E-state index in [9.17, 15) is 29.1 Å². The van der Waals surface area contributed by atoms with Gasteiger partial charge in [0.15, 0.2) is 0 Å². The fourth-order valence-corrected chi connectivity index (χ4v) is 6.57. The Kier molecular flexibility index (Phi) is 14.4. The number of para-hydroxylation sites is 1. The molecule has 12 heteroatoms. The number of nitrogens with one attached hydrogen (secondary N) is 4. The number of benzene rings is 2. The zero-order chi connectivity index (χ0) is 37.8. The van der Waals surface area contributed by atoms with Crippen LogP contribution in [-0.2, 0) is 35.1 Å². The van der Waals surface area contributed by atoms with Crippen LogP contribution in [-0.4, -0.2) is 76.4 Å². The number of phenolic OH excluding ortho intramolecular Hbond substituents is 1. The van der Waals surface area contributed by atoms with Crippen molar-refractivity contribution in [2.45, 2.75) is 103 Å². The maximum absolute atomic E-state index is 14.5. The Labute approximate surface area is 305 Å². The first-order valence-electron chi connectivity index (χ1n) is 18.1. The van der Waals surface area contributed by atoms with Crippen molar-refractivity contribution in [1.82, 2.24) is 25.8 Å². The third-order valence-electron chi connectivity index (χ3n) is 9.57. The molecule has 52 heavy (non-hydrogen) atoms. The van der Waals surface area contributed by atoms with Crippen LogP contribution >= 0.6 is 0 Å². The highest BCUT2D eigenvalue weighted by Gasteiger charge is 2.35. The van der Waals surface area contributed by atoms with Gasteiger partial charge in [0.05, 0.1) is 18.6 Å². The monoisotopic (exact) mass is 715 g/mol. The number of aromatic nitrogens is 1. The van der Waals surface area contributed by atoms with Gasteiger partial charge in [-0.05, 0) is 81.7 Å². The number of esters is 1. The lowest BCUT2D eigenvalue weighted by Crippen LogP contribution is -2.56. The van der Waals surface area contributed by atoms with E-state index < -0.39 is 41.8 Å². The number of cyclic esters (lactones) is 1. The Balaban J connectivity index is 1.73. The number of ether oxygens (including phenoxy) is 1. The molecule has 0 bridgehead atoms. The Bertz CT molecular complexity index is 1730. The lowest BCUT2D eigenvalue weighted by Gasteiger charge is -2.32. The molecule has 5 atom stereocenters. The van der Waals surface area contributed by atoms with E-state index in [4.69, 9.17) is 4.74 Å². The number of carbonyl (C=O) groups is 5. The molecular weight excluding hydrogens is 662 g/mol. The number of phenols is 1. The fourth-order valence-electron chi connectivity index (χ4n) is 6.57. The number of rotatable bonds is 8.